The van der Waals surface area contributed by atoms with Gasteiger partial charge < -0.3 is 4.98 Å². The average Bonchev–Trinajstić information content (AvgIpc) is 2.99. The van der Waals surface area contributed by atoms with Crippen LogP contribution in [0, 0.1) is 0 Å². The molecule has 0 saturated carbocycles. The molecule has 0 saturated heterocycles. The number of fused-ring (bicyclic) bond motifs is 1. The van der Waals surface area contributed by atoms with Crippen molar-refractivity contribution in [2.45, 2.75) is 18.0 Å². The Hall–Kier alpha value is -2.39. The summed E-state index contributed by atoms with van der Waals surface area (Å²) in [5.74, 6) is 0. The van der Waals surface area contributed by atoms with E-state index < -0.39 is 21.9 Å². The molecule has 2 heterocycles. The number of hydrogen-bond acceptors (Lipinski definition) is 3. The monoisotopic (exact) mass is 369 g/mol. The normalized spacial score (nSPS) is 12.6. The third kappa shape index (κ3) is 3.38. The number of halogens is 3. The number of nitrogens with zero attached hydrogens (tertiary/aromatic N) is 1. The van der Waals surface area contributed by atoms with E-state index in [1.807, 2.05) is 0 Å². The second kappa shape index (κ2) is 6.16. The summed E-state index contributed by atoms with van der Waals surface area (Å²) in [5.41, 5.74) is 0.364. The summed E-state index contributed by atoms with van der Waals surface area (Å²) in [7, 11) is -3.58. The van der Waals surface area contributed by atoms with Gasteiger partial charge in [-0.05, 0) is 35.4 Å². The van der Waals surface area contributed by atoms with Gasteiger partial charge in [0.1, 0.15) is 11.3 Å². The molecule has 5 nitrogen and oxygen atoms in total. The van der Waals surface area contributed by atoms with Crippen molar-refractivity contribution < 1.29 is 21.6 Å². The Balaban J connectivity index is 2.06. The number of aromatic nitrogens is 2. The highest BCUT2D eigenvalue weighted by molar-refractivity contribution is 7.89. The molecule has 0 fully saturated rings. The molecule has 0 atom stereocenters. The van der Waals surface area contributed by atoms with E-state index in [0.717, 1.165) is 6.07 Å². The molecule has 0 amide bonds. The second-order valence-electron chi connectivity index (χ2n) is 5.33. The SMILES string of the molecule is CCNS(=O)(=O)c1ccc(-c2ccnc3[nH]c(C(F)(F)F)cc23)cc1. The summed E-state index contributed by atoms with van der Waals surface area (Å²) in [6.45, 7) is 1.93. The summed E-state index contributed by atoms with van der Waals surface area (Å²) in [6, 6.07) is 8.53. The van der Waals surface area contributed by atoms with E-state index in [9.17, 15) is 21.6 Å². The van der Waals surface area contributed by atoms with Crippen LogP contribution >= 0.6 is 0 Å². The average molecular weight is 369 g/mol. The lowest BCUT2D eigenvalue weighted by atomic mass is 10.0. The number of sulfonamides is 1. The lowest BCUT2D eigenvalue weighted by Crippen LogP contribution is -2.22. The maximum atomic E-state index is 12.9. The predicted octanol–water partition coefficient (Wildman–Crippen LogP) is 3.55. The summed E-state index contributed by atoms with van der Waals surface area (Å²) in [5, 5.41) is 0.317. The Morgan fingerprint density at radius 1 is 1.16 bits per heavy atom. The summed E-state index contributed by atoms with van der Waals surface area (Å²) in [6.07, 6.45) is -3.10. The zero-order chi connectivity index (χ0) is 18.2. The van der Waals surface area contributed by atoms with Crippen molar-refractivity contribution in [1.29, 1.82) is 0 Å². The van der Waals surface area contributed by atoms with E-state index in [2.05, 4.69) is 14.7 Å². The number of aromatic amines is 1. The van der Waals surface area contributed by atoms with E-state index in [1.54, 1.807) is 25.1 Å². The maximum Gasteiger partial charge on any atom is 0.431 e. The Morgan fingerprint density at radius 2 is 1.84 bits per heavy atom. The van der Waals surface area contributed by atoms with Crippen LogP contribution in [0.2, 0.25) is 0 Å². The molecular weight excluding hydrogens is 355 g/mol. The van der Waals surface area contributed by atoms with Gasteiger partial charge in [-0.15, -0.1) is 0 Å². The van der Waals surface area contributed by atoms with Crippen LogP contribution in [0.15, 0.2) is 47.5 Å². The van der Waals surface area contributed by atoms with Crippen LogP contribution in [0.3, 0.4) is 0 Å². The number of benzene rings is 1. The highest BCUT2D eigenvalue weighted by Crippen LogP contribution is 2.34. The van der Waals surface area contributed by atoms with Gasteiger partial charge in [0.25, 0.3) is 0 Å². The van der Waals surface area contributed by atoms with Gasteiger partial charge in [0, 0.05) is 18.1 Å². The third-order valence-electron chi connectivity index (χ3n) is 3.65. The number of pyridine rings is 1. The van der Waals surface area contributed by atoms with Crippen molar-refractivity contribution in [2.24, 2.45) is 0 Å². The van der Waals surface area contributed by atoms with Gasteiger partial charge in [-0.1, -0.05) is 19.1 Å². The van der Waals surface area contributed by atoms with Gasteiger partial charge in [-0.2, -0.15) is 13.2 Å². The lowest BCUT2D eigenvalue weighted by molar-refractivity contribution is -0.140. The smallest absolute Gasteiger partial charge is 0.336 e. The van der Waals surface area contributed by atoms with Crippen molar-refractivity contribution in [1.82, 2.24) is 14.7 Å². The molecule has 25 heavy (non-hydrogen) atoms. The fourth-order valence-electron chi connectivity index (χ4n) is 2.52. The van der Waals surface area contributed by atoms with Gasteiger partial charge in [0.05, 0.1) is 4.90 Å². The van der Waals surface area contributed by atoms with E-state index in [-0.39, 0.29) is 17.1 Å². The molecule has 3 aromatic rings. The highest BCUT2D eigenvalue weighted by atomic mass is 32.2. The molecule has 1 aromatic carbocycles. The van der Waals surface area contributed by atoms with Gasteiger partial charge in [0.15, 0.2) is 0 Å². The minimum atomic E-state index is -4.50. The molecule has 0 bridgehead atoms. The first-order valence-corrected chi connectivity index (χ1v) is 8.85. The number of alkyl halides is 3. The van der Waals surface area contributed by atoms with Crippen molar-refractivity contribution in [3.05, 3.63) is 48.3 Å². The molecule has 0 unspecified atom stereocenters. The standard InChI is InChI=1S/C16H14F3N3O2S/c1-2-21-25(23,24)11-5-3-10(4-6-11)12-7-8-20-15-13(12)9-14(22-15)16(17,18)19/h3-9,21H,2H2,1H3,(H,20,22). The first-order chi connectivity index (χ1) is 11.7. The molecule has 9 heteroatoms. The lowest BCUT2D eigenvalue weighted by Gasteiger charge is -2.07. The molecule has 0 radical (unpaired) electrons. The number of H-pyrrole nitrogens is 1. The first-order valence-electron chi connectivity index (χ1n) is 7.37. The topological polar surface area (TPSA) is 74.8 Å². The largest absolute Gasteiger partial charge is 0.431 e. The van der Waals surface area contributed by atoms with Crippen LogP contribution in [-0.2, 0) is 16.2 Å². The number of hydrogen-bond donors (Lipinski definition) is 2. The quantitative estimate of drug-likeness (QED) is 0.739. The zero-order valence-corrected chi connectivity index (χ0v) is 13.9. The van der Waals surface area contributed by atoms with Crippen LogP contribution in [-0.4, -0.2) is 24.9 Å². The van der Waals surface area contributed by atoms with E-state index in [1.165, 1.54) is 18.3 Å². The van der Waals surface area contributed by atoms with Crippen molar-refractivity contribution >= 4 is 21.1 Å². The van der Waals surface area contributed by atoms with Crippen LogP contribution < -0.4 is 4.72 Å². The minimum Gasteiger partial charge on any atom is -0.336 e. The van der Waals surface area contributed by atoms with Gasteiger partial charge >= 0.3 is 6.18 Å². The molecule has 2 N–H and O–H groups in total. The fourth-order valence-corrected chi connectivity index (χ4v) is 3.56. The Kier molecular flexibility index (Phi) is 4.29. The molecular formula is C16H14F3N3O2S. The van der Waals surface area contributed by atoms with Gasteiger partial charge in [-0.3, -0.25) is 0 Å². The maximum absolute atomic E-state index is 12.9. The van der Waals surface area contributed by atoms with Crippen LogP contribution in [0.1, 0.15) is 12.6 Å². The number of rotatable bonds is 4. The summed E-state index contributed by atoms with van der Waals surface area (Å²) < 4.78 is 64.9. The zero-order valence-electron chi connectivity index (χ0n) is 13.1. The summed E-state index contributed by atoms with van der Waals surface area (Å²) in [4.78, 5) is 6.27. The van der Waals surface area contributed by atoms with Gasteiger partial charge in [0.2, 0.25) is 10.0 Å². The molecule has 3 rings (SSSR count). The third-order valence-corrected chi connectivity index (χ3v) is 5.21. The Morgan fingerprint density at radius 3 is 2.44 bits per heavy atom. The van der Waals surface area contributed by atoms with Gasteiger partial charge in [-0.25, -0.2) is 18.1 Å². The van der Waals surface area contributed by atoms with E-state index in [0.29, 0.717) is 16.5 Å². The van der Waals surface area contributed by atoms with Crippen molar-refractivity contribution in [3.63, 3.8) is 0 Å². The highest BCUT2D eigenvalue weighted by Gasteiger charge is 2.33. The Bertz CT molecular complexity index is 1010. The molecule has 2 aromatic heterocycles. The molecule has 0 spiro atoms. The van der Waals surface area contributed by atoms with Crippen molar-refractivity contribution in [3.8, 4) is 11.1 Å². The molecule has 0 aliphatic rings. The summed E-state index contributed by atoms with van der Waals surface area (Å²) >= 11 is 0. The molecule has 0 aliphatic heterocycles. The second-order valence-corrected chi connectivity index (χ2v) is 7.09. The van der Waals surface area contributed by atoms with Crippen LogP contribution in [0.4, 0.5) is 13.2 Å². The van der Waals surface area contributed by atoms with Crippen LogP contribution in [0.25, 0.3) is 22.2 Å². The van der Waals surface area contributed by atoms with E-state index in [4.69, 9.17) is 0 Å². The van der Waals surface area contributed by atoms with Crippen molar-refractivity contribution in [2.75, 3.05) is 6.54 Å². The van der Waals surface area contributed by atoms with E-state index >= 15 is 0 Å². The molecule has 132 valence electrons. The number of nitrogens with one attached hydrogen (secondary N) is 2. The predicted molar refractivity (Wildman–Crippen MR) is 87.4 cm³/mol. The fraction of sp³-hybridized carbons (Fsp3) is 0.188. The first kappa shape index (κ1) is 17.4. The molecule has 0 aliphatic carbocycles. The minimum absolute atomic E-state index is 0.0912. The Labute approximate surface area is 142 Å². The van der Waals surface area contributed by atoms with Crippen LogP contribution in [0.5, 0.6) is 0 Å².